The number of H-pyrrole nitrogens is 1. The van der Waals surface area contributed by atoms with Crippen LogP contribution in [-0.4, -0.2) is 4.98 Å². The Kier molecular flexibility index (Phi) is 3.87. The quantitative estimate of drug-likeness (QED) is 0.587. The molecule has 2 nitrogen and oxygen atoms in total. The van der Waals surface area contributed by atoms with E-state index in [1.807, 2.05) is 18.3 Å². The van der Waals surface area contributed by atoms with E-state index in [1.165, 1.54) is 0 Å². The largest absolute Gasteiger partial charge is 0.378 e. The van der Waals surface area contributed by atoms with Crippen molar-refractivity contribution in [3.8, 4) is 0 Å². The van der Waals surface area contributed by atoms with Crippen LogP contribution in [0.1, 0.15) is 5.56 Å². The lowest BCUT2D eigenvalue weighted by molar-refractivity contribution is 0.596. The van der Waals surface area contributed by atoms with Crippen molar-refractivity contribution in [2.24, 2.45) is 0 Å². The van der Waals surface area contributed by atoms with Gasteiger partial charge in [-0.2, -0.15) is 0 Å². The zero-order chi connectivity index (χ0) is 15.0. The van der Waals surface area contributed by atoms with E-state index in [0.717, 1.165) is 28.6 Å². The molecule has 21 heavy (non-hydrogen) atoms. The van der Waals surface area contributed by atoms with E-state index in [-0.39, 0.29) is 10.2 Å². The van der Waals surface area contributed by atoms with Gasteiger partial charge in [-0.1, -0.05) is 17.7 Å². The second kappa shape index (κ2) is 5.66. The van der Waals surface area contributed by atoms with Crippen LogP contribution >= 0.6 is 27.5 Å². The van der Waals surface area contributed by atoms with Crippen molar-refractivity contribution >= 4 is 44.1 Å². The van der Waals surface area contributed by atoms with E-state index in [0.29, 0.717) is 11.6 Å². The van der Waals surface area contributed by atoms with Crippen molar-refractivity contribution in [1.29, 1.82) is 0 Å². The Morgan fingerprint density at radius 2 is 1.95 bits per heavy atom. The summed E-state index contributed by atoms with van der Waals surface area (Å²) in [5.74, 6) is -1.02. The Balaban J connectivity index is 1.85. The minimum Gasteiger partial charge on any atom is -0.378 e. The summed E-state index contributed by atoms with van der Waals surface area (Å²) in [5.41, 5.74) is 1.98. The molecular formula is C15H10BrClF2N2. The molecule has 3 rings (SSSR count). The number of aromatic nitrogens is 1. The normalized spacial score (nSPS) is 11.0. The van der Waals surface area contributed by atoms with Crippen molar-refractivity contribution < 1.29 is 8.78 Å². The molecule has 6 heteroatoms. The second-order valence-corrected chi connectivity index (χ2v) is 5.89. The van der Waals surface area contributed by atoms with Gasteiger partial charge in [0.1, 0.15) is 11.6 Å². The van der Waals surface area contributed by atoms with E-state index in [9.17, 15) is 8.78 Å². The van der Waals surface area contributed by atoms with Crippen LogP contribution in [0.25, 0.3) is 10.9 Å². The van der Waals surface area contributed by atoms with E-state index < -0.39 is 11.6 Å². The van der Waals surface area contributed by atoms with Gasteiger partial charge in [-0.05, 0) is 39.7 Å². The first kappa shape index (κ1) is 14.4. The van der Waals surface area contributed by atoms with Crippen LogP contribution in [0.2, 0.25) is 5.02 Å². The van der Waals surface area contributed by atoms with Crippen LogP contribution in [0.4, 0.5) is 14.5 Å². The third-order valence-electron chi connectivity index (χ3n) is 3.21. The molecular weight excluding hydrogens is 362 g/mol. The molecule has 2 aromatic carbocycles. The Bertz CT molecular complexity index is 817. The number of hydrogen-bond acceptors (Lipinski definition) is 1. The maximum Gasteiger partial charge on any atom is 0.147 e. The van der Waals surface area contributed by atoms with E-state index in [4.69, 9.17) is 11.6 Å². The lowest BCUT2D eigenvalue weighted by Crippen LogP contribution is -2.01. The number of nitrogens with one attached hydrogen (secondary N) is 2. The minimum atomic E-state index is -0.510. The van der Waals surface area contributed by atoms with Gasteiger partial charge in [0.25, 0.3) is 0 Å². The molecule has 0 aliphatic heterocycles. The van der Waals surface area contributed by atoms with Crippen LogP contribution < -0.4 is 5.32 Å². The number of fused-ring (bicyclic) bond motifs is 1. The van der Waals surface area contributed by atoms with Crippen LogP contribution in [-0.2, 0) is 6.54 Å². The molecule has 0 unspecified atom stereocenters. The smallest absolute Gasteiger partial charge is 0.147 e. The Hall–Kier alpha value is -1.59. The maximum absolute atomic E-state index is 13.7. The zero-order valence-corrected chi connectivity index (χ0v) is 13.0. The molecule has 1 heterocycles. The molecule has 0 atom stereocenters. The van der Waals surface area contributed by atoms with Gasteiger partial charge in [0.05, 0.1) is 10.2 Å². The highest BCUT2D eigenvalue weighted by Gasteiger charge is 2.09. The molecule has 0 bridgehead atoms. The van der Waals surface area contributed by atoms with Crippen LogP contribution in [0.5, 0.6) is 0 Å². The topological polar surface area (TPSA) is 27.8 Å². The van der Waals surface area contributed by atoms with E-state index in [2.05, 4.69) is 26.2 Å². The monoisotopic (exact) mass is 370 g/mol. The lowest BCUT2D eigenvalue weighted by Gasteiger charge is -2.08. The first-order chi connectivity index (χ1) is 10.0. The summed E-state index contributed by atoms with van der Waals surface area (Å²) in [6, 6.07) is 7.74. The lowest BCUT2D eigenvalue weighted by atomic mass is 10.1. The molecule has 0 spiro atoms. The second-order valence-electron chi connectivity index (χ2n) is 4.60. The molecule has 0 amide bonds. The molecule has 0 saturated carbocycles. The summed E-state index contributed by atoms with van der Waals surface area (Å²) in [5, 5.41) is 4.54. The molecule has 0 radical (unpaired) electrons. The first-order valence-corrected chi connectivity index (χ1v) is 7.35. The van der Waals surface area contributed by atoms with Crippen molar-refractivity contribution in [3.05, 3.63) is 63.2 Å². The summed E-state index contributed by atoms with van der Waals surface area (Å²) in [4.78, 5) is 3.10. The average Bonchev–Trinajstić information content (AvgIpc) is 2.83. The predicted octanol–water partition coefficient (Wildman–Crippen LogP) is 5.47. The number of anilines is 1. The van der Waals surface area contributed by atoms with Gasteiger partial charge in [-0.3, -0.25) is 0 Å². The number of hydrogen-bond donors (Lipinski definition) is 2. The first-order valence-electron chi connectivity index (χ1n) is 6.18. The summed E-state index contributed by atoms with van der Waals surface area (Å²) >= 11 is 8.87. The summed E-state index contributed by atoms with van der Waals surface area (Å²) in [6.07, 6.45) is 1.82. The highest BCUT2D eigenvalue weighted by Crippen LogP contribution is 2.26. The fourth-order valence-electron chi connectivity index (χ4n) is 2.15. The SMILES string of the molecule is Fc1cc(NCc2c[nH]c3cc(Cl)ccc23)c(F)cc1Br. The van der Waals surface area contributed by atoms with Crippen molar-refractivity contribution in [1.82, 2.24) is 4.98 Å². The maximum atomic E-state index is 13.7. The summed E-state index contributed by atoms with van der Waals surface area (Å²) in [6.45, 7) is 0.375. The summed E-state index contributed by atoms with van der Waals surface area (Å²) in [7, 11) is 0. The van der Waals surface area contributed by atoms with Gasteiger partial charge in [0, 0.05) is 34.7 Å². The van der Waals surface area contributed by atoms with Crippen molar-refractivity contribution in [3.63, 3.8) is 0 Å². The van der Waals surface area contributed by atoms with Gasteiger partial charge in [0.2, 0.25) is 0 Å². The predicted molar refractivity (Wildman–Crippen MR) is 84.7 cm³/mol. The molecule has 2 N–H and O–H groups in total. The minimum absolute atomic E-state index is 0.104. The average molecular weight is 372 g/mol. The molecule has 0 aliphatic carbocycles. The van der Waals surface area contributed by atoms with E-state index in [1.54, 1.807) is 6.07 Å². The standard InChI is InChI=1S/C15H10BrClF2N2/c16-11-4-13(19)15(5-12(11)18)21-7-8-6-20-14-3-9(17)1-2-10(8)14/h1-6,20-21H,7H2. The number of halogens is 4. The Morgan fingerprint density at radius 3 is 2.76 bits per heavy atom. The molecule has 0 saturated heterocycles. The van der Waals surface area contributed by atoms with Crippen molar-refractivity contribution in [2.75, 3.05) is 5.32 Å². The van der Waals surface area contributed by atoms with Crippen LogP contribution in [0.3, 0.4) is 0 Å². The molecule has 108 valence electrons. The summed E-state index contributed by atoms with van der Waals surface area (Å²) < 4.78 is 27.3. The third-order valence-corrected chi connectivity index (χ3v) is 4.05. The third kappa shape index (κ3) is 2.89. The Labute approximate surface area is 133 Å². The van der Waals surface area contributed by atoms with Crippen molar-refractivity contribution in [2.45, 2.75) is 6.54 Å². The highest BCUT2D eigenvalue weighted by molar-refractivity contribution is 9.10. The number of aromatic amines is 1. The van der Waals surface area contributed by atoms with E-state index >= 15 is 0 Å². The Morgan fingerprint density at radius 1 is 1.14 bits per heavy atom. The fraction of sp³-hybridized carbons (Fsp3) is 0.0667. The number of rotatable bonds is 3. The van der Waals surface area contributed by atoms with Gasteiger partial charge in [-0.15, -0.1) is 0 Å². The molecule has 0 fully saturated rings. The van der Waals surface area contributed by atoms with Gasteiger partial charge in [-0.25, -0.2) is 8.78 Å². The molecule has 1 aromatic heterocycles. The zero-order valence-electron chi connectivity index (χ0n) is 10.7. The van der Waals surface area contributed by atoms with Gasteiger partial charge >= 0.3 is 0 Å². The number of benzene rings is 2. The molecule has 3 aromatic rings. The molecule has 0 aliphatic rings. The van der Waals surface area contributed by atoms with Gasteiger partial charge < -0.3 is 10.3 Å². The highest BCUT2D eigenvalue weighted by atomic mass is 79.9. The van der Waals surface area contributed by atoms with Crippen LogP contribution in [0, 0.1) is 11.6 Å². The fourth-order valence-corrected chi connectivity index (χ4v) is 2.64. The van der Waals surface area contributed by atoms with Gasteiger partial charge in [0.15, 0.2) is 0 Å². The van der Waals surface area contributed by atoms with Crippen LogP contribution in [0.15, 0.2) is 41.0 Å².